The van der Waals surface area contributed by atoms with E-state index in [1.54, 1.807) is 18.2 Å². The van der Waals surface area contributed by atoms with Gasteiger partial charge in [0.15, 0.2) is 0 Å². The Labute approximate surface area is 63.8 Å². The van der Waals surface area contributed by atoms with Crippen LogP contribution in [0.2, 0.25) is 0 Å². The Kier molecular flexibility index (Phi) is 2.28. The zero-order valence-electron chi connectivity index (χ0n) is 5.51. The molecule has 1 aromatic carbocycles. The fraction of sp³-hybridized carbons (Fsp3) is 0. The molecule has 0 N–H and O–H groups in total. The first-order chi connectivity index (χ1) is 5.22. The van der Waals surface area contributed by atoms with Gasteiger partial charge in [0, 0.05) is 0 Å². The molecule has 1 rings (SSSR count). The van der Waals surface area contributed by atoms with Crippen LogP contribution in [-0.2, 0) is 4.57 Å². The van der Waals surface area contributed by atoms with Crippen molar-refractivity contribution in [2.24, 2.45) is 0 Å². The molecule has 0 fully saturated rings. The largest absolute Gasteiger partial charge is 0.449 e. The summed E-state index contributed by atoms with van der Waals surface area (Å²) in [5, 5.41) is 10.3. The SMILES string of the molecule is O=[N+]([O-])[P](=O)c1ccccc1. The van der Waals surface area contributed by atoms with Gasteiger partial charge in [-0.15, -0.1) is 0 Å². The Balaban J connectivity index is 2.95. The lowest BCUT2D eigenvalue weighted by Crippen LogP contribution is -1.99. The summed E-state index contributed by atoms with van der Waals surface area (Å²) < 4.78 is 10.0. The molecule has 1 unspecified atom stereocenters. The van der Waals surface area contributed by atoms with Crippen molar-refractivity contribution >= 4 is 13.3 Å². The molecule has 0 spiro atoms. The van der Waals surface area contributed by atoms with Gasteiger partial charge in [-0.3, -0.25) is 10.1 Å². The Morgan fingerprint density at radius 2 is 1.82 bits per heavy atom. The van der Waals surface area contributed by atoms with Crippen molar-refractivity contribution in [3.8, 4) is 0 Å². The third kappa shape index (κ3) is 1.82. The summed E-state index contributed by atoms with van der Waals surface area (Å²) in [6.07, 6.45) is 0. The minimum Gasteiger partial charge on any atom is -0.255 e. The highest BCUT2D eigenvalue weighted by Crippen LogP contribution is 2.18. The van der Waals surface area contributed by atoms with Crippen LogP contribution in [0.3, 0.4) is 0 Å². The van der Waals surface area contributed by atoms with E-state index in [1.165, 1.54) is 12.1 Å². The number of benzene rings is 1. The van der Waals surface area contributed by atoms with E-state index >= 15 is 0 Å². The van der Waals surface area contributed by atoms with Crippen LogP contribution >= 0.6 is 7.95 Å². The average Bonchev–Trinajstić information content (AvgIpc) is 2.05. The first-order valence-corrected chi connectivity index (χ1v) is 4.09. The molecule has 0 bridgehead atoms. The van der Waals surface area contributed by atoms with E-state index in [-0.39, 0.29) is 5.30 Å². The standard InChI is InChI=1S/C6H5NO3P/c8-7(9)11(10)6-4-2-1-3-5-6/h1-5H. The zero-order chi connectivity index (χ0) is 8.27. The fourth-order valence-corrected chi connectivity index (χ4v) is 1.27. The van der Waals surface area contributed by atoms with Gasteiger partial charge in [-0.05, 0) is 12.1 Å². The van der Waals surface area contributed by atoms with Gasteiger partial charge in [-0.2, -0.15) is 4.57 Å². The first-order valence-electron chi connectivity index (χ1n) is 2.88. The van der Waals surface area contributed by atoms with Crippen LogP contribution in [0.25, 0.3) is 0 Å². The molecular formula is C6H5NO3P. The smallest absolute Gasteiger partial charge is 0.255 e. The molecule has 5 heteroatoms. The summed E-state index contributed by atoms with van der Waals surface area (Å²) >= 11 is 0. The molecule has 0 aliphatic carbocycles. The minimum absolute atomic E-state index is 0.257. The minimum atomic E-state index is -2.46. The Hall–Kier alpha value is -1.28. The van der Waals surface area contributed by atoms with Crippen LogP contribution in [-0.4, -0.2) is 4.69 Å². The predicted molar refractivity (Wildman–Crippen MR) is 40.7 cm³/mol. The molecule has 0 aliphatic heterocycles. The molecule has 0 aromatic heterocycles. The van der Waals surface area contributed by atoms with E-state index in [4.69, 9.17) is 0 Å². The maximum atomic E-state index is 10.8. The van der Waals surface area contributed by atoms with Gasteiger partial charge in [0.2, 0.25) is 0 Å². The van der Waals surface area contributed by atoms with Crippen LogP contribution in [0.1, 0.15) is 0 Å². The van der Waals surface area contributed by atoms with Crippen molar-refractivity contribution < 1.29 is 9.26 Å². The second-order valence-electron chi connectivity index (χ2n) is 1.85. The van der Waals surface area contributed by atoms with E-state index in [0.29, 0.717) is 0 Å². The molecule has 1 radical (unpaired) electrons. The summed E-state index contributed by atoms with van der Waals surface area (Å²) in [5.41, 5.74) is 0. The number of hydrogen-bond acceptors (Lipinski definition) is 3. The van der Waals surface area contributed by atoms with Crippen LogP contribution in [0.4, 0.5) is 0 Å². The molecule has 1 atom stereocenters. The summed E-state index contributed by atoms with van der Waals surface area (Å²) in [6.45, 7) is 0. The zero-order valence-corrected chi connectivity index (χ0v) is 6.40. The summed E-state index contributed by atoms with van der Waals surface area (Å²) in [7, 11) is -2.46. The van der Waals surface area contributed by atoms with E-state index in [1.807, 2.05) is 0 Å². The second kappa shape index (κ2) is 3.21. The Bertz CT molecular complexity index is 285. The second-order valence-corrected chi connectivity index (χ2v) is 3.24. The van der Waals surface area contributed by atoms with Crippen molar-refractivity contribution in [3.05, 3.63) is 40.4 Å². The highest BCUT2D eigenvalue weighted by molar-refractivity contribution is 7.46. The van der Waals surface area contributed by atoms with E-state index < -0.39 is 12.6 Å². The van der Waals surface area contributed by atoms with Gasteiger partial charge >= 0.3 is 7.95 Å². The van der Waals surface area contributed by atoms with Crippen LogP contribution in [0, 0.1) is 10.1 Å². The molecule has 0 saturated carbocycles. The molecule has 57 valence electrons. The van der Waals surface area contributed by atoms with Crippen molar-refractivity contribution in [1.82, 2.24) is 0 Å². The number of nitro groups is 1. The van der Waals surface area contributed by atoms with Gasteiger partial charge in [-0.1, -0.05) is 18.2 Å². The van der Waals surface area contributed by atoms with Gasteiger partial charge in [0.25, 0.3) is 0 Å². The molecule has 4 nitrogen and oxygen atoms in total. The number of rotatable bonds is 2. The van der Waals surface area contributed by atoms with E-state index in [0.717, 1.165) is 0 Å². The van der Waals surface area contributed by atoms with Crippen molar-refractivity contribution in [2.45, 2.75) is 0 Å². The van der Waals surface area contributed by atoms with Crippen molar-refractivity contribution in [1.29, 1.82) is 0 Å². The molecule has 11 heavy (non-hydrogen) atoms. The third-order valence-corrected chi connectivity index (χ3v) is 2.16. The highest BCUT2D eigenvalue weighted by Gasteiger charge is 2.15. The third-order valence-electron chi connectivity index (χ3n) is 1.13. The maximum Gasteiger partial charge on any atom is 0.449 e. The topological polar surface area (TPSA) is 60.2 Å². The first kappa shape index (κ1) is 7.82. The lowest BCUT2D eigenvalue weighted by Gasteiger charge is -1.88. The van der Waals surface area contributed by atoms with E-state index in [9.17, 15) is 14.7 Å². The van der Waals surface area contributed by atoms with Crippen LogP contribution in [0.5, 0.6) is 0 Å². The summed E-state index contributed by atoms with van der Waals surface area (Å²) in [5.74, 6) is 0. The van der Waals surface area contributed by atoms with Crippen molar-refractivity contribution in [3.63, 3.8) is 0 Å². The molecule has 0 aliphatic rings. The van der Waals surface area contributed by atoms with Crippen molar-refractivity contribution in [2.75, 3.05) is 0 Å². The normalized spacial score (nSPS) is 10.7. The van der Waals surface area contributed by atoms with Crippen LogP contribution in [0.15, 0.2) is 30.3 Å². The molecular weight excluding hydrogens is 165 g/mol. The van der Waals surface area contributed by atoms with Gasteiger partial charge < -0.3 is 0 Å². The quantitative estimate of drug-likeness (QED) is 0.382. The molecule has 0 amide bonds. The Morgan fingerprint density at radius 1 is 1.27 bits per heavy atom. The van der Waals surface area contributed by atoms with Gasteiger partial charge in [0.05, 0.1) is 0 Å². The van der Waals surface area contributed by atoms with Crippen LogP contribution < -0.4 is 5.30 Å². The van der Waals surface area contributed by atoms with E-state index in [2.05, 4.69) is 0 Å². The average molecular weight is 170 g/mol. The number of nitrogens with zero attached hydrogens (tertiary/aromatic N) is 1. The van der Waals surface area contributed by atoms with Gasteiger partial charge in [0.1, 0.15) is 10.00 Å². The summed E-state index contributed by atoms with van der Waals surface area (Å²) in [6, 6.07) is 7.90. The molecule has 0 saturated heterocycles. The summed E-state index contributed by atoms with van der Waals surface area (Å²) in [4.78, 5) is 10.0. The monoisotopic (exact) mass is 170 g/mol. The Morgan fingerprint density at radius 3 is 2.27 bits per heavy atom. The highest BCUT2D eigenvalue weighted by atomic mass is 31.1. The van der Waals surface area contributed by atoms with Gasteiger partial charge in [-0.25, -0.2) is 0 Å². The lowest BCUT2D eigenvalue weighted by atomic mass is 10.4. The fourth-order valence-electron chi connectivity index (χ4n) is 0.650. The molecule has 1 aromatic rings. The lowest BCUT2D eigenvalue weighted by molar-refractivity contribution is -0.303. The number of hydrogen-bond donors (Lipinski definition) is 0. The maximum absolute atomic E-state index is 10.8. The molecule has 0 heterocycles. The predicted octanol–water partition coefficient (Wildman–Crippen LogP) is 1.33.